The molecule has 0 radical (unpaired) electrons. The molecule has 0 aromatic carbocycles. The molecule has 0 unspecified atom stereocenters. The third kappa shape index (κ3) is 4.55. The average Bonchev–Trinajstić information content (AvgIpc) is 3.21. The lowest BCUT2D eigenvalue weighted by atomic mass is 9.82. The predicted octanol–water partition coefficient (Wildman–Crippen LogP) is 4.48. The van der Waals surface area contributed by atoms with Gasteiger partial charge in [-0.05, 0) is 57.2 Å². The van der Waals surface area contributed by atoms with Crippen LogP contribution in [0.2, 0.25) is 0 Å². The van der Waals surface area contributed by atoms with Crippen LogP contribution in [0.3, 0.4) is 0 Å². The lowest BCUT2D eigenvalue weighted by molar-refractivity contribution is -0.163. The maximum Gasteiger partial charge on any atom is 0.326 e. The molecule has 3 atom stereocenters. The number of hydrogen-bond donors (Lipinski definition) is 1. The summed E-state index contributed by atoms with van der Waals surface area (Å²) >= 11 is 1.62. The van der Waals surface area contributed by atoms with Crippen molar-refractivity contribution in [2.75, 3.05) is 0 Å². The summed E-state index contributed by atoms with van der Waals surface area (Å²) in [6.45, 7) is 10.0. The van der Waals surface area contributed by atoms with Crippen LogP contribution in [-0.4, -0.2) is 27.1 Å². The summed E-state index contributed by atoms with van der Waals surface area (Å²) in [6.07, 6.45) is 6.86. The Morgan fingerprint density at radius 2 is 2.04 bits per heavy atom. The van der Waals surface area contributed by atoms with Crippen molar-refractivity contribution in [3.8, 4) is 0 Å². The van der Waals surface area contributed by atoms with Gasteiger partial charge in [-0.1, -0.05) is 13.8 Å². The van der Waals surface area contributed by atoms with Crippen LogP contribution in [0.15, 0.2) is 36.1 Å². The highest BCUT2D eigenvalue weighted by atomic mass is 32.1. The highest BCUT2D eigenvalue weighted by Crippen LogP contribution is 2.47. The molecule has 2 aromatic rings. The van der Waals surface area contributed by atoms with Crippen molar-refractivity contribution >= 4 is 17.3 Å². The van der Waals surface area contributed by atoms with E-state index in [1.807, 2.05) is 56.9 Å². The van der Waals surface area contributed by atoms with Crippen molar-refractivity contribution in [2.45, 2.75) is 70.6 Å². The smallest absolute Gasteiger partial charge is 0.326 e. The maximum atomic E-state index is 13.3. The zero-order valence-electron chi connectivity index (χ0n) is 16.7. The first-order chi connectivity index (χ1) is 12.7. The number of hydrogen-bond acceptors (Lipinski definition) is 6. The van der Waals surface area contributed by atoms with Gasteiger partial charge in [-0.15, -0.1) is 11.3 Å². The zero-order chi connectivity index (χ0) is 19.7. The van der Waals surface area contributed by atoms with Crippen LogP contribution in [0, 0.1) is 5.92 Å². The predicted molar refractivity (Wildman–Crippen MR) is 108 cm³/mol. The van der Waals surface area contributed by atoms with E-state index in [9.17, 15) is 4.79 Å². The Kier molecular flexibility index (Phi) is 5.68. The second kappa shape index (κ2) is 7.68. The molecule has 146 valence electrons. The molecule has 5 nitrogen and oxygen atoms in total. The van der Waals surface area contributed by atoms with Gasteiger partial charge in [0.25, 0.3) is 0 Å². The van der Waals surface area contributed by atoms with Crippen molar-refractivity contribution < 1.29 is 9.53 Å². The maximum absolute atomic E-state index is 13.3. The van der Waals surface area contributed by atoms with Crippen LogP contribution in [0.1, 0.15) is 70.0 Å². The number of aromatic nitrogens is 2. The molecule has 0 aliphatic carbocycles. The van der Waals surface area contributed by atoms with Crippen LogP contribution in [0.25, 0.3) is 0 Å². The second-order valence-electron chi connectivity index (χ2n) is 8.77. The van der Waals surface area contributed by atoms with Gasteiger partial charge in [-0.3, -0.25) is 15.1 Å². The van der Waals surface area contributed by atoms with Crippen molar-refractivity contribution in [1.82, 2.24) is 15.3 Å². The van der Waals surface area contributed by atoms with Crippen molar-refractivity contribution in [3.05, 3.63) is 46.7 Å². The molecule has 6 heteroatoms. The molecule has 3 heterocycles. The third-order valence-electron chi connectivity index (χ3n) is 4.80. The van der Waals surface area contributed by atoms with Gasteiger partial charge in [0.15, 0.2) is 0 Å². The Morgan fingerprint density at radius 3 is 2.59 bits per heavy atom. The van der Waals surface area contributed by atoms with E-state index in [0.29, 0.717) is 12.3 Å². The summed E-state index contributed by atoms with van der Waals surface area (Å²) in [6, 6.07) is 4.06. The number of pyridine rings is 1. The zero-order valence-corrected chi connectivity index (χ0v) is 17.5. The average molecular weight is 388 g/mol. The number of thiazole rings is 1. The van der Waals surface area contributed by atoms with Gasteiger partial charge >= 0.3 is 5.97 Å². The standard InChI is InChI=1S/C21H29N3O2S/c1-14(2)12-21(19(25)26-20(3,4)5)13-16(15-6-8-22-9-7-15)17(24-21)18-23-10-11-27-18/h6-11,14,16-17,24H,12-13H2,1-5H3/t16-,17+,21-/m0/s1. The number of carbonyl (C=O) groups excluding carboxylic acids is 1. The van der Waals surface area contributed by atoms with E-state index in [-0.39, 0.29) is 17.9 Å². The first-order valence-electron chi connectivity index (χ1n) is 9.51. The molecule has 0 saturated carbocycles. The van der Waals surface area contributed by atoms with E-state index in [0.717, 1.165) is 11.4 Å². The van der Waals surface area contributed by atoms with Crippen LogP contribution in [0.5, 0.6) is 0 Å². The third-order valence-corrected chi connectivity index (χ3v) is 5.66. The Balaban J connectivity index is 2.00. The first kappa shape index (κ1) is 20.0. The largest absolute Gasteiger partial charge is 0.459 e. The monoisotopic (exact) mass is 387 g/mol. The number of ether oxygens (including phenoxy) is 1. The van der Waals surface area contributed by atoms with Gasteiger partial charge < -0.3 is 4.74 Å². The molecule has 1 N–H and O–H groups in total. The van der Waals surface area contributed by atoms with Crippen molar-refractivity contribution in [2.24, 2.45) is 5.92 Å². The van der Waals surface area contributed by atoms with Gasteiger partial charge in [0.1, 0.15) is 16.1 Å². The number of esters is 1. The van der Waals surface area contributed by atoms with E-state index in [2.05, 4.69) is 29.1 Å². The molecule has 0 amide bonds. The quantitative estimate of drug-likeness (QED) is 0.766. The van der Waals surface area contributed by atoms with Crippen molar-refractivity contribution in [3.63, 3.8) is 0 Å². The van der Waals surface area contributed by atoms with Crippen LogP contribution in [-0.2, 0) is 9.53 Å². The number of rotatable bonds is 5. The normalized spacial score (nSPS) is 25.7. The lowest BCUT2D eigenvalue weighted by Crippen LogP contribution is -2.52. The molecule has 3 rings (SSSR count). The van der Waals surface area contributed by atoms with Gasteiger partial charge in [-0.25, -0.2) is 4.98 Å². The fourth-order valence-corrected chi connectivity index (χ4v) is 4.69. The van der Waals surface area contributed by atoms with Gasteiger partial charge in [0.2, 0.25) is 0 Å². The molecule has 2 aromatic heterocycles. The molecule has 1 aliphatic heterocycles. The van der Waals surface area contributed by atoms with E-state index in [1.165, 1.54) is 5.56 Å². The second-order valence-corrected chi connectivity index (χ2v) is 9.69. The van der Waals surface area contributed by atoms with Crippen molar-refractivity contribution in [1.29, 1.82) is 0 Å². The topological polar surface area (TPSA) is 64.1 Å². The Hall–Kier alpha value is -1.79. The Morgan fingerprint density at radius 1 is 1.33 bits per heavy atom. The first-order valence-corrected chi connectivity index (χ1v) is 10.4. The SMILES string of the molecule is CC(C)C[C@@]1(C(=O)OC(C)(C)C)C[C@@H](c2ccncc2)[C@H](c2nccs2)N1. The van der Waals surface area contributed by atoms with Crippen LogP contribution < -0.4 is 5.32 Å². The van der Waals surface area contributed by atoms with Gasteiger partial charge in [0.05, 0.1) is 6.04 Å². The molecular weight excluding hydrogens is 358 g/mol. The molecule has 0 bridgehead atoms. The van der Waals surface area contributed by atoms with E-state index >= 15 is 0 Å². The Labute approximate surface area is 165 Å². The van der Waals surface area contributed by atoms with E-state index in [4.69, 9.17) is 4.74 Å². The fourth-order valence-electron chi connectivity index (χ4n) is 3.93. The highest BCUT2D eigenvalue weighted by molar-refractivity contribution is 7.09. The number of nitrogens with zero attached hydrogens (tertiary/aromatic N) is 2. The minimum Gasteiger partial charge on any atom is -0.459 e. The summed E-state index contributed by atoms with van der Waals surface area (Å²) in [4.78, 5) is 22.0. The van der Waals surface area contributed by atoms with Crippen LogP contribution >= 0.6 is 11.3 Å². The van der Waals surface area contributed by atoms with Crippen LogP contribution in [0.4, 0.5) is 0 Å². The summed E-state index contributed by atoms with van der Waals surface area (Å²) in [5, 5.41) is 6.65. The number of nitrogens with one attached hydrogen (secondary N) is 1. The molecular formula is C21H29N3O2S. The summed E-state index contributed by atoms with van der Waals surface area (Å²) in [7, 11) is 0. The molecule has 1 fully saturated rings. The molecule has 0 spiro atoms. The summed E-state index contributed by atoms with van der Waals surface area (Å²) in [5.41, 5.74) is -0.0632. The minimum atomic E-state index is -0.717. The van der Waals surface area contributed by atoms with E-state index < -0.39 is 11.1 Å². The molecule has 1 saturated heterocycles. The Bertz CT molecular complexity index is 755. The molecule has 1 aliphatic rings. The van der Waals surface area contributed by atoms with E-state index in [1.54, 1.807) is 11.3 Å². The lowest BCUT2D eigenvalue weighted by Gasteiger charge is -2.33. The minimum absolute atomic E-state index is 0.0151. The fraction of sp³-hybridized carbons (Fsp3) is 0.571. The summed E-state index contributed by atoms with van der Waals surface area (Å²) < 4.78 is 5.84. The van der Waals surface area contributed by atoms with Gasteiger partial charge in [0, 0.05) is 29.9 Å². The number of carbonyl (C=O) groups is 1. The molecule has 27 heavy (non-hydrogen) atoms. The van der Waals surface area contributed by atoms with Gasteiger partial charge in [-0.2, -0.15) is 0 Å². The highest BCUT2D eigenvalue weighted by Gasteiger charge is 2.53. The summed E-state index contributed by atoms with van der Waals surface area (Å²) in [5.74, 6) is 0.338.